The van der Waals surface area contributed by atoms with Gasteiger partial charge in [-0.3, -0.25) is 19.7 Å². The molecule has 1 aliphatic carbocycles. The molecule has 41 heavy (non-hydrogen) atoms. The molecule has 4 rings (SSSR count). The van der Waals surface area contributed by atoms with Crippen LogP contribution in [0.2, 0.25) is 0 Å². The van der Waals surface area contributed by atoms with Gasteiger partial charge in [-0.2, -0.15) is 0 Å². The Hall–Kier alpha value is -4.05. The third-order valence-electron chi connectivity index (χ3n) is 7.55. The van der Waals surface area contributed by atoms with Crippen LogP contribution in [0.15, 0.2) is 66.9 Å². The maximum atomic E-state index is 14.0. The molecule has 0 N–H and O–H groups in total. The average molecular weight is 565 g/mol. The molecule has 1 aliphatic rings. The summed E-state index contributed by atoms with van der Waals surface area (Å²) in [5, 5.41) is 11.3. The fourth-order valence-corrected chi connectivity index (χ4v) is 5.36. The minimum absolute atomic E-state index is 0.0548. The van der Waals surface area contributed by atoms with E-state index in [1.54, 1.807) is 19.2 Å². The Morgan fingerprint density at radius 3 is 2.54 bits per heavy atom. The summed E-state index contributed by atoms with van der Waals surface area (Å²) in [6.07, 6.45) is 7.47. The Bertz CT molecular complexity index is 1320. The molecule has 0 bridgehead atoms. The topological polar surface area (TPSA) is 97.9 Å². The Kier molecular flexibility index (Phi) is 10.6. The molecule has 0 saturated heterocycles. The molecule has 10 heteroatoms. The number of halogens is 1. The number of carbonyl (C=O) groups excluding carboxylic acids is 2. The van der Waals surface area contributed by atoms with Crippen molar-refractivity contribution in [2.45, 2.75) is 57.7 Å². The first-order chi connectivity index (χ1) is 19.9. The van der Waals surface area contributed by atoms with E-state index in [4.69, 9.17) is 4.74 Å². The lowest BCUT2D eigenvalue weighted by Crippen LogP contribution is -2.48. The van der Waals surface area contributed by atoms with E-state index in [1.807, 2.05) is 23.2 Å². The number of nitro benzene ring substituents is 1. The zero-order valence-electron chi connectivity index (χ0n) is 23.4. The predicted octanol–water partition coefficient (Wildman–Crippen LogP) is 5.42. The Morgan fingerprint density at radius 1 is 1.07 bits per heavy atom. The molecule has 1 heterocycles. The van der Waals surface area contributed by atoms with Gasteiger partial charge < -0.3 is 19.1 Å². The van der Waals surface area contributed by atoms with Crippen molar-refractivity contribution in [1.82, 2.24) is 14.4 Å². The SMILES string of the molecule is COCCCN(CC(=O)N(Cc1cccn1Cc1ccc(F)cc1)C1CCCCC1)C(=O)c1cccc([N+](=O)[O-])c1. The van der Waals surface area contributed by atoms with Gasteiger partial charge in [0.15, 0.2) is 0 Å². The highest BCUT2D eigenvalue weighted by atomic mass is 19.1. The Balaban J connectivity index is 1.56. The molecule has 1 aromatic heterocycles. The van der Waals surface area contributed by atoms with Gasteiger partial charge in [-0.1, -0.05) is 37.5 Å². The molecule has 0 aliphatic heterocycles. The number of hydrogen-bond donors (Lipinski definition) is 0. The van der Waals surface area contributed by atoms with Crippen LogP contribution in [0.5, 0.6) is 0 Å². The Labute approximate surface area is 239 Å². The van der Waals surface area contributed by atoms with Gasteiger partial charge in [-0.05, 0) is 55.2 Å². The van der Waals surface area contributed by atoms with Crippen LogP contribution < -0.4 is 0 Å². The summed E-state index contributed by atoms with van der Waals surface area (Å²) in [4.78, 5) is 41.6. The van der Waals surface area contributed by atoms with Crippen LogP contribution >= 0.6 is 0 Å². The van der Waals surface area contributed by atoms with E-state index in [0.29, 0.717) is 26.1 Å². The van der Waals surface area contributed by atoms with Crippen molar-refractivity contribution in [3.63, 3.8) is 0 Å². The predicted molar refractivity (Wildman–Crippen MR) is 153 cm³/mol. The van der Waals surface area contributed by atoms with Gasteiger partial charge in [0.2, 0.25) is 5.91 Å². The summed E-state index contributed by atoms with van der Waals surface area (Å²) in [7, 11) is 1.57. The van der Waals surface area contributed by atoms with Gasteiger partial charge in [0.1, 0.15) is 12.4 Å². The van der Waals surface area contributed by atoms with Crippen LogP contribution in [0.4, 0.5) is 10.1 Å². The van der Waals surface area contributed by atoms with E-state index >= 15 is 0 Å². The van der Waals surface area contributed by atoms with Gasteiger partial charge >= 0.3 is 0 Å². The van der Waals surface area contributed by atoms with Gasteiger partial charge in [0, 0.05) is 62.4 Å². The molecular formula is C31H37FN4O5. The third kappa shape index (κ3) is 8.23. The molecule has 2 aromatic carbocycles. The maximum Gasteiger partial charge on any atom is 0.270 e. The molecule has 218 valence electrons. The lowest BCUT2D eigenvalue weighted by molar-refractivity contribution is -0.384. The summed E-state index contributed by atoms with van der Waals surface area (Å²) < 4.78 is 20.6. The van der Waals surface area contributed by atoms with Crippen molar-refractivity contribution in [3.8, 4) is 0 Å². The van der Waals surface area contributed by atoms with Crippen LogP contribution in [0.3, 0.4) is 0 Å². The number of nitrogens with zero attached hydrogens (tertiary/aromatic N) is 4. The molecule has 9 nitrogen and oxygen atoms in total. The van der Waals surface area contributed by atoms with Crippen molar-refractivity contribution in [2.24, 2.45) is 0 Å². The van der Waals surface area contributed by atoms with Crippen LogP contribution in [0.25, 0.3) is 0 Å². The molecule has 0 atom stereocenters. The number of nitro groups is 1. The van der Waals surface area contributed by atoms with Crippen LogP contribution in [0, 0.1) is 15.9 Å². The second kappa shape index (κ2) is 14.5. The first-order valence-corrected chi connectivity index (χ1v) is 14.1. The first-order valence-electron chi connectivity index (χ1n) is 14.1. The molecule has 1 fully saturated rings. The highest BCUT2D eigenvalue weighted by molar-refractivity contribution is 5.97. The van der Waals surface area contributed by atoms with E-state index in [-0.39, 0.29) is 42.1 Å². The quantitative estimate of drug-likeness (QED) is 0.157. The molecule has 3 aromatic rings. The van der Waals surface area contributed by atoms with E-state index in [9.17, 15) is 24.1 Å². The molecule has 0 spiro atoms. The van der Waals surface area contributed by atoms with E-state index in [1.165, 1.54) is 41.3 Å². The second-order valence-electron chi connectivity index (χ2n) is 10.4. The lowest BCUT2D eigenvalue weighted by Gasteiger charge is -2.36. The zero-order valence-corrected chi connectivity index (χ0v) is 23.4. The fourth-order valence-electron chi connectivity index (χ4n) is 5.36. The largest absolute Gasteiger partial charge is 0.385 e. The number of hydrogen-bond acceptors (Lipinski definition) is 5. The average Bonchev–Trinajstić information content (AvgIpc) is 3.43. The summed E-state index contributed by atoms with van der Waals surface area (Å²) in [5.41, 5.74) is 1.89. The third-order valence-corrected chi connectivity index (χ3v) is 7.55. The van der Waals surface area contributed by atoms with Gasteiger partial charge in [0.25, 0.3) is 11.6 Å². The standard InChI is InChI=1S/C31H37FN4O5/c1-41-19-7-18-34(31(38)25-8-5-11-28(20-25)36(39)40)23-30(37)35(27-9-3-2-4-10-27)22-29-12-6-17-33(29)21-24-13-15-26(32)16-14-24/h5-6,8,11-17,20,27H,2-4,7,9-10,18-19,21-23H2,1H3. The van der Waals surface area contributed by atoms with Crippen molar-refractivity contribution in [2.75, 3.05) is 26.8 Å². The number of aromatic nitrogens is 1. The summed E-state index contributed by atoms with van der Waals surface area (Å²) in [6.45, 7) is 1.48. The minimum atomic E-state index is -0.539. The zero-order chi connectivity index (χ0) is 29.2. The number of carbonyl (C=O) groups is 2. The minimum Gasteiger partial charge on any atom is -0.385 e. The maximum absolute atomic E-state index is 14.0. The summed E-state index contributed by atoms with van der Waals surface area (Å²) in [5.74, 6) is -0.880. The van der Waals surface area contributed by atoms with E-state index < -0.39 is 10.8 Å². The van der Waals surface area contributed by atoms with Crippen molar-refractivity contribution in [1.29, 1.82) is 0 Å². The highest BCUT2D eigenvalue weighted by Crippen LogP contribution is 2.25. The van der Waals surface area contributed by atoms with E-state index in [0.717, 1.165) is 43.4 Å². The lowest BCUT2D eigenvalue weighted by atomic mass is 9.94. The molecular weight excluding hydrogens is 527 g/mol. The number of benzene rings is 2. The van der Waals surface area contributed by atoms with Gasteiger partial charge in [-0.15, -0.1) is 0 Å². The normalized spacial score (nSPS) is 13.6. The highest BCUT2D eigenvalue weighted by Gasteiger charge is 2.29. The molecule has 2 amide bonds. The van der Waals surface area contributed by atoms with Crippen molar-refractivity contribution >= 4 is 17.5 Å². The van der Waals surface area contributed by atoms with Gasteiger partial charge in [-0.25, -0.2) is 4.39 Å². The second-order valence-corrected chi connectivity index (χ2v) is 10.4. The van der Waals surface area contributed by atoms with Crippen LogP contribution in [-0.4, -0.2) is 64.0 Å². The Morgan fingerprint density at radius 2 is 1.83 bits per heavy atom. The molecule has 1 saturated carbocycles. The fraction of sp³-hybridized carbons (Fsp3) is 0.419. The van der Waals surface area contributed by atoms with Crippen molar-refractivity contribution in [3.05, 3.63) is 99.6 Å². The van der Waals surface area contributed by atoms with Crippen LogP contribution in [0.1, 0.15) is 60.1 Å². The number of methoxy groups -OCH3 is 1. The van der Waals surface area contributed by atoms with Crippen LogP contribution in [-0.2, 0) is 22.6 Å². The molecule has 0 unspecified atom stereocenters. The summed E-state index contributed by atoms with van der Waals surface area (Å²) in [6, 6.07) is 15.9. The smallest absolute Gasteiger partial charge is 0.270 e. The number of rotatable bonds is 13. The molecule has 0 radical (unpaired) electrons. The monoisotopic (exact) mass is 564 g/mol. The first kappa shape index (κ1) is 29.9. The summed E-state index contributed by atoms with van der Waals surface area (Å²) >= 11 is 0. The van der Waals surface area contributed by atoms with Crippen molar-refractivity contribution < 1.29 is 23.6 Å². The number of non-ortho nitro benzene ring substituents is 1. The van der Waals surface area contributed by atoms with Gasteiger partial charge in [0.05, 0.1) is 11.5 Å². The number of amides is 2. The van der Waals surface area contributed by atoms with E-state index in [2.05, 4.69) is 4.57 Å². The number of ether oxygens (including phenoxy) is 1.